The van der Waals surface area contributed by atoms with Gasteiger partial charge in [0.25, 0.3) is 5.69 Å². The quantitative estimate of drug-likeness (QED) is 0.461. The third kappa shape index (κ3) is 3.42. The van der Waals surface area contributed by atoms with Gasteiger partial charge in [-0.05, 0) is 30.9 Å². The van der Waals surface area contributed by atoms with Gasteiger partial charge in [0.05, 0.1) is 10.8 Å². The van der Waals surface area contributed by atoms with Gasteiger partial charge in [0.1, 0.15) is 0 Å². The second-order valence-corrected chi connectivity index (χ2v) is 5.69. The second-order valence-electron chi connectivity index (χ2n) is 5.42. The molecule has 0 aliphatic carbocycles. The molecule has 0 aromatic heterocycles. The number of halogens is 1. The van der Waals surface area contributed by atoms with E-state index in [1.807, 2.05) is 12.1 Å². The number of anilines is 1. The van der Waals surface area contributed by atoms with Crippen LogP contribution in [0.15, 0.2) is 18.2 Å². The monoisotopic (exact) mass is 296 g/mol. The first-order chi connectivity index (χ1) is 9.65. The normalized spacial score (nSPS) is 16.4. The molecule has 0 bridgehead atoms. The van der Waals surface area contributed by atoms with Crippen LogP contribution < -0.4 is 4.90 Å². The van der Waals surface area contributed by atoms with Crippen molar-refractivity contribution in [1.82, 2.24) is 0 Å². The average molecular weight is 297 g/mol. The van der Waals surface area contributed by atoms with E-state index in [2.05, 4.69) is 11.8 Å². The Kier molecular flexibility index (Phi) is 5.24. The Morgan fingerprint density at radius 1 is 1.40 bits per heavy atom. The molecule has 1 aromatic carbocycles. The van der Waals surface area contributed by atoms with Crippen LogP contribution in [0.4, 0.5) is 11.4 Å². The molecule has 5 heteroatoms. The van der Waals surface area contributed by atoms with E-state index in [0.717, 1.165) is 24.7 Å². The molecule has 0 saturated carbocycles. The molecule has 0 unspecified atom stereocenters. The summed E-state index contributed by atoms with van der Waals surface area (Å²) in [5.74, 6) is 1.01. The van der Waals surface area contributed by atoms with Gasteiger partial charge in [0, 0.05) is 30.4 Å². The minimum atomic E-state index is -0.366. The van der Waals surface area contributed by atoms with Crippen molar-refractivity contribution in [1.29, 1.82) is 0 Å². The average Bonchev–Trinajstić information content (AvgIpc) is 2.47. The fourth-order valence-electron chi connectivity index (χ4n) is 2.94. The molecule has 1 aliphatic rings. The number of hydrogen-bond acceptors (Lipinski definition) is 3. The van der Waals surface area contributed by atoms with Crippen LogP contribution in [0.3, 0.4) is 0 Å². The summed E-state index contributed by atoms with van der Waals surface area (Å²) in [5.41, 5.74) is 1.77. The van der Waals surface area contributed by atoms with Crippen molar-refractivity contribution in [3.63, 3.8) is 0 Å². The lowest BCUT2D eigenvalue weighted by atomic mass is 9.92. The first-order valence-corrected chi connectivity index (χ1v) is 7.77. The number of benzene rings is 1. The third-order valence-corrected chi connectivity index (χ3v) is 4.37. The van der Waals surface area contributed by atoms with Gasteiger partial charge in [-0.2, -0.15) is 0 Å². The Bertz CT molecular complexity index is 471. The van der Waals surface area contributed by atoms with E-state index in [4.69, 9.17) is 11.6 Å². The summed E-state index contributed by atoms with van der Waals surface area (Å²) in [6.07, 6.45) is 4.97. The van der Waals surface area contributed by atoms with Crippen molar-refractivity contribution in [2.45, 2.75) is 38.5 Å². The lowest BCUT2D eigenvalue weighted by Crippen LogP contribution is -2.33. The van der Waals surface area contributed by atoms with E-state index in [0.29, 0.717) is 5.56 Å². The largest absolute Gasteiger partial charge is 0.372 e. The fraction of sp³-hybridized carbons (Fsp3) is 0.600. The van der Waals surface area contributed by atoms with Crippen LogP contribution in [0.25, 0.3) is 0 Å². The zero-order valence-corrected chi connectivity index (χ0v) is 12.6. The zero-order valence-electron chi connectivity index (χ0n) is 11.8. The molecule has 0 amide bonds. The van der Waals surface area contributed by atoms with E-state index in [1.165, 1.54) is 25.7 Å². The van der Waals surface area contributed by atoms with Crippen molar-refractivity contribution < 1.29 is 4.92 Å². The minimum absolute atomic E-state index is 0.115. The maximum absolute atomic E-state index is 10.9. The molecule has 0 N–H and O–H groups in total. The van der Waals surface area contributed by atoms with Gasteiger partial charge < -0.3 is 4.90 Å². The van der Waals surface area contributed by atoms with E-state index < -0.39 is 0 Å². The molecule has 1 saturated heterocycles. The van der Waals surface area contributed by atoms with Crippen molar-refractivity contribution in [3.8, 4) is 0 Å². The Balaban J connectivity index is 2.08. The Labute approximate surface area is 124 Å². The predicted molar refractivity (Wildman–Crippen MR) is 82.5 cm³/mol. The summed E-state index contributed by atoms with van der Waals surface area (Å²) in [7, 11) is 0. The van der Waals surface area contributed by atoms with Crippen molar-refractivity contribution >= 4 is 23.0 Å². The minimum Gasteiger partial charge on any atom is -0.372 e. The number of nitrogens with zero attached hydrogens (tertiary/aromatic N) is 2. The molecule has 2 rings (SSSR count). The highest BCUT2D eigenvalue weighted by Crippen LogP contribution is 2.30. The molecule has 20 heavy (non-hydrogen) atoms. The topological polar surface area (TPSA) is 46.4 Å². The molecule has 110 valence electrons. The van der Waals surface area contributed by atoms with Crippen LogP contribution in [-0.2, 0) is 5.88 Å². The summed E-state index contributed by atoms with van der Waals surface area (Å²) in [6.45, 7) is 4.30. The number of alkyl halides is 1. The molecule has 1 heterocycles. The van der Waals surface area contributed by atoms with E-state index in [-0.39, 0.29) is 16.5 Å². The summed E-state index contributed by atoms with van der Waals surface area (Å²) in [5, 5.41) is 10.9. The van der Waals surface area contributed by atoms with E-state index in [1.54, 1.807) is 6.07 Å². The van der Waals surface area contributed by atoms with Crippen LogP contribution in [0.2, 0.25) is 0 Å². The van der Waals surface area contributed by atoms with Gasteiger partial charge in [-0.15, -0.1) is 11.6 Å². The molecule has 0 atom stereocenters. The van der Waals surface area contributed by atoms with Crippen LogP contribution in [-0.4, -0.2) is 18.0 Å². The highest BCUT2D eigenvalue weighted by molar-refractivity contribution is 6.17. The molecular formula is C15H21ClN2O2. The Morgan fingerprint density at radius 2 is 2.10 bits per heavy atom. The van der Waals surface area contributed by atoms with Crippen molar-refractivity contribution in [2.24, 2.45) is 5.92 Å². The molecule has 0 radical (unpaired) electrons. The van der Waals surface area contributed by atoms with Gasteiger partial charge in [-0.3, -0.25) is 10.1 Å². The highest BCUT2D eigenvalue weighted by Gasteiger charge is 2.21. The number of nitro groups is 1. The van der Waals surface area contributed by atoms with Gasteiger partial charge in [-0.1, -0.05) is 19.8 Å². The maximum Gasteiger partial charge on any atom is 0.273 e. The summed E-state index contributed by atoms with van der Waals surface area (Å²) in [6, 6.07) is 5.28. The Hall–Kier alpha value is -1.29. The van der Waals surface area contributed by atoms with E-state index >= 15 is 0 Å². The second kappa shape index (κ2) is 6.93. The first-order valence-electron chi connectivity index (χ1n) is 7.24. The molecule has 1 fully saturated rings. The van der Waals surface area contributed by atoms with Crippen LogP contribution >= 0.6 is 11.6 Å². The zero-order chi connectivity index (χ0) is 14.5. The molecule has 4 nitrogen and oxygen atoms in total. The smallest absolute Gasteiger partial charge is 0.273 e. The van der Waals surface area contributed by atoms with Gasteiger partial charge in [-0.25, -0.2) is 0 Å². The molecule has 1 aromatic rings. The van der Waals surface area contributed by atoms with Crippen LogP contribution in [0, 0.1) is 16.0 Å². The Morgan fingerprint density at radius 3 is 2.65 bits per heavy atom. The molecule has 0 spiro atoms. The maximum atomic E-state index is 10.9. The fourth-order valence-corrected chi connectivity index (χ4v) is 3.16. The van der Waals surface area contributed by atoms with Crippen molar-refractivity contribution in [3.05, 3.63) is 33.9 Å². The van der Waals surface area contributed by atoms with E-state index in [9.17, 15) is 10.1 Å². The summed E-state index contributed by atoms with van der Waals surface area (Å²) >= 11 is 5.83. The number of nitro benzene ring substituents is 1. The number of rotatable bonds is 5. The lowest BCUT2D eigenvalue weighted by Gasteiger charge is -2.33. The predicted octanol–water partition coefficient (Wildman–Crippen LogP) is 4.35. The third-order valence-electron chi connectivity index (χ3n) is 4.08. The van der Waals surface area contributed by atoms with Gasteiger partial charge in [0.2, 0.25) is 0 Å². The lowest BCUT2D eigenvalue weighted by molar-refractivity contribution is -0.385. The standard InChI is InChI=1S/C15H21ClN2O2/c1-2-3-12-6-8-17(9-7-12)14-4-5-15(18(19)20)13(10-14)11-16/h4-5,10,12H,2-3,6-9,11H2,1H3. The number of hydrogen-bond donors (Lipinski definition) is 0. The number of piperidine rings is 1. The van der Waals surface area contributed by atoms with Gasteiger partial charge in [0.15, 0.2) is 0 Å². The summed E-state index contributed by atoms with van der Waals surface area (Å²) < 4.78 is 0. The van der Waals surface area contributed by atoms with Crippen LogP contribution in [0.5, 0.6) is 0 Å². The molecule has 1 aliphatic heterocycles. The summed E-state index contributed by atoms with van der Waals surface area (Å²) in [4.78, 5) is 12.9. The first kappa shape index (κ1) is 15.1. The highest BCUT2D eigenvalue weighted by atomic mass is 35.5. The SMILES string of the molecule is CCCC1CCN(c2ccc([N+](=O)[O-])c(CCl)c2)CC1. The van der Waals surface area contributed by atoms with Gasteiger partial charge >= 0.3 is 0 Å². The van der Waals surface area contributed by atoms with Crippen LogP contribution in [0.1, 0.15) is 38.2 Å². The van der Waals surface area contributed by atoms with Crippen molar-refractivity contribution in [2.75, 3.05) is 18.0 Å². The molecular weight excluding hydrogens is 276 g/mol.